The van der Waals surface area contributed by atoms with Crippen LogP contribution in [0.5, 0.6) is 5.75 Å². The lowest BCUT2D eigenvalue weighted by Crippen LogP contribution is -2.09. The van der Waals surface area contributed by atoms with Crippen molar-refractivity contribution in [3.8, 4) is 16.9 Å². The van der Waals surface area contributed by atoms with Crippen LogP contribution in [-0.2, 0) is 0 Å². The number of rotatable bonds is 1. The number of benzene rings is 2. The number of halogens is 3. The third-order valence-corrected chi connectivity index (χ3v) is 5.02. The van der Waals surface area contributed by atoms with E-state index in [0.29, 0.717) is 26.5 Å². The number of hydrogen-bond acceptors (Lipinski definition) is 2. The fourth-order valence-corrected chi connectivity index (χ4v) is 3.05. The van der Waals surface area contributed by atoms with E-state index in [2.05, 4.69) is 27.6 Å². The van der Waals surface area contributed by atoms with Crippen molar-refractivity contribution in [3.63, 3.8) is 0 Å². The van der Waals surface area contributed by atoms with E-state index in [0.717, 1.165) is 3.57 Å². The molecule has 2 aromatic carbocycles. The van der Waals surface area contributed by atoms with E-state index >= 15 is 0 Å². The molecule has 0 aliphatic heterocycles. The predicted molar refractivity (Wildman–Crippen MR) is 94.4 cm³/mol. The molecular weight excluding hydrogens is 424 g/mol. The van der Waals surface area contributed by atoms with E-state index in [-0.39, 0.29) is 11.3 Å². The minimum absolute atomic E-state index is 0.101. The van der Waals surface area contributed by atoms with Crippen LogP contribution in [0.25, 0.3) is 22.0 Å². The van der Waals surface area contributed by atoms with Crippen LogP contribution >= 0.6 is 45.8 Å². The third-order valence-electron chi connectivity index (χ3n) is 3.17. The Bertz CT molecular complexity index is 921. The molecule has 1 heterocycles. The Kier molecular flexibility index (Phi) is 3.86. The van der Waals surface area contributed by atoms with Crippen molar-refractivity contribution in [2.75, 3.05) is 0 Å². The SMILES string of the molecule is O=c1[nH]c2cc(Cl)c(I)cc2c(O)c1-c1ccccc1Cl. The average Bonchev–Trinajstić information content (AvgIpc) is 2.43. The molecule has 2 N–H and O–H groups in total. The number of aromatic nitrogens is 1. The molecule has 0 spiro atoms. The number of hydrogen-bond donors (Lipinski definition) is 2. The van der Waals surface area contributed by atoms with Gasteiger partial charge in [0.15, 0.2) is 0 Å². The van der Waals surface area contributed by atoms with E-state index in [9.17, 15) is 9.90 Å². The van der Waals surface area contributed by atoms with Crippen LogP contribution in [-0.4, -0.2) is 10.1 Å². The molecule has 0 saturated carbocycles. The second kappa shape index (κ2) is 5.51. The molecule has 0 unspecified atom stereocenters. The van der Waals surface area contributed by atoms with Crippen molar-refractivity contribution in [1.29, 1.82) is 0 Å². The summed E-state index contributed by atoms with van der Waals surface area (Å²) in [6.07, 6.45) is 0. The second-order valence-corrected chi connectivity index (χ2v) is 6.45. The van der Waals surface area contributed by atoms with E-state index in [1.165, 1.54) is 0 Å². The number of H-pyrrole nitrogens is 1. The highest BCUT2D eigenvalue weighted by Gasteiger charge is 2.17. The first-order valence-corrected chi connectivity index (χ1v) is 7.81. The van der Waals surface area contributed by atoms with Gasteiger partial charge in [-0.1, -0.05) is 41.4 Å². The molecule has 0 aliphatic rings. The first-order chi connectivity index (χ1) is 9.99. The van der Waals surface area contributed by atoms with Crippen molar-refractivity contribution in [2.45, 2.75) is 0 Å². The minimum Gasteiger partial charge on any atom is -0.506 e. The van der Waals surface area contributed by atoms with Gasteiger partial charge < -0.3 is 10.1 Å². The van der Waals surface area contributed by atoms with Gasteiger partial charge in [-0.25, -0.2) is 0 Å². The normalized spacial score (nSPS) is 11.0. The van der Waals surface area contributed by atoms with E-state index in [4.69, 9.17) is 23.2 Å². The molecule has 0 saturated heterocycles. The van der Waals surface area contributed by atoms with Crippen molar-refractivity contribution in [1.82, 2.24) is 4.98 Å². The Labute approximate surface area is 143 Å². The molecular formula is C15H8Cl2INO2. The molecule has 0 atom stereocenters. The van der Waals surface area contributed by atoms with Crippen molar-refractivity contribution < 1.29 is 5.11 Å². The molecule has 21 heavy (non-hydrogen) atoms. The van der Waals surface area contributed by atoms with Gasteiger partial charge in [-0.15, -0.1) is 0 Å². The van der Waals surface area contributed by atoms with Gasteiger partial charge in [0, 0.05) is 19.5 Å². The van der Waals surface area contributed by atoms with E-state index < -0.39 is 5.56 Å². The molecule has 0 radical (unpaired) electrons. The van der Waals surface area contributed by atoms with Gasteiger partial charge in [0.05, 0.1) is 16.1 Å². The number of aromatic hydroxyl groups is 1. The maximum atomic E-state index is 12.3. The molecule has 1 aromatic heterocycles. The molecule has 106 valence electrons. The molecule has 6 heteroatoms. The Morgan fingerprint density at radius 3 is 2.52 bits per heavy atom. The predicted octanol–water partition coefficient (Wildman–Crippen LogP) is 4.81. The standard InChI is InChI=1S/C15H8Cl2INO2/c16-9-4-2-1-3-7(9)13-14(20)8-5-11(18)10(17)6-12(8)19-15(13)21/h1-6H,(H2,19,20,21). The zero-order chi connectivity index (χ0) is 15.1. The highest BCUT2D eigenvalue weighted by atomic mass is 127. The molecule has 0 bridgehead atoms. The molecule has 0 fully saturated rings. The highest BCUT2D eigenvalue weighted by molar-refractivity contribution is 14.1. The van der Waals surface area contributed by atoms with Gasteiger partial charge in [0.2, 0.25) is 0 Å². The van der Waals surface area contributed by atoms with Crippen molar-refractivity contribution in [2.24, 2.45) is 0 Å². The summed E-state index contributed by atoms with van der Waals surface area (Å²) in [4.78, 5) is 15.0. The summed E-state index contributed by atoms with van der Waals surface area (Å²) in [6.45, 7) is 0. The summed E-state index contributed by atoms with van der Waals surface area (Å²) in [5.41, 5.74) is 0.722. The molecule has 0 aliphatic carbocycles. The minimum atomic E-state index is -0.412. The number of nitrogens with one attached hydrogen (secondary N) is 1. The van der Waals surface area contributed by atoms with Crippen LogP contribution < -0.4 is 5.56 Å². The fourth-order valence-electron chi connectivity index (χ4n) is 2.19. The van der Waals surface area contributed by atoms with E-state index in [1.807, 2.05) is 0 Å². The summed E-state index contributed by atoms with van der Waals surface area (Å²) in [7, 11) is 0. The molecule has 3 nitrogen and oxygen atoms in total. The van der Waals surface area contributed by atoms with Gasteiger partial charge in [-0.2, -0.15) is 0 Å². The van der Waals surface area contributed by atoms with Gasteiger partial charge in [-0.05, 0) is 40.8 Å². The summed E-state index contributed by atoms with van der Waals surface area (Å²) in [6, 6.07) is 10.2. The van der Waals surface area contributed by atoms with Gasteiger partial charge in [0.25, 0.3) is 5.56 Å². The first-order valence-electron chi connectivity index (χ1n) is 5.98. The summed E-state index contributed by atoms with van der Waals surface area (Å²) in [5.74, 6) is -0.101. The van der Waals surface area contributed by atoms with Crippen LogP contribution in [0.2, 0.25) is 10.0 Å². The Morgan fingerprint density at radius 1 is 1.10 bits per heavy atom. The summed E-state index contributed by atoms with van der Waals surface area (Å²) < 4.78 is 0.786. The van der Waals surface area contributed by atoms with E-state index in [1.54, 1.807) is 36.4 Å². The highest BCUT2D eigenvalue weighted by Crippen LogP contribution is 2.37. The fraction of sp³-hybridized carbons (Fsp3) is 0. The maximum absolute atomic E-state index is 12.3. The van der Waals surface area contributed by atoms with Crippen molar-refractivity contribution in [3.05, 3.63) is 60.4 Å². The second-order valence-electron chi connectivity index (χ2n) is 4.47. The summed E-state index contributed by atoms with van der Waals surface area (Å²) in [5, 5.41) is 11.9. The van der Waals surface area contributed by atoms with Crippen LogP contribution in [0.15, 0.2) is 41.2 Å². The Balaban J connectivity index is 2.43. The number of fused-ring (bicyclic) bond motifs is 1. The molecule has 3 rings (SSSR count). The zero-order valence-electron chi connectivity index (χ0n) is 10.5. The molecule has 0 amide bonds. The first kappa shape index (κ1) is 14.7. The number of pyridine rings is 1. The van der Waals surface area contributed by atoms with Crippen molar-refractivity contribution >= 4 is 56.7 Å². The summed E-state index contributed by atoms with van der Waals surface area (Å²) >= 11 is 14.2. The monoisotopic (exact) mass is 431 g/mol. The van der Waals surface area contributed by atoms with Crippen LogP contribution in [0.3, 0.4) is 0 Å². The lowest BCUT2D eigenvalue weighted by Gasteiger charge is -2.10. The van der Waals surface area contributed by atoms with Crippen LogP contribution in [0, 0.1) is 3.57 Å². The number of aromatic amines is 1. The maximum Gasteiger partial charge on any atom is 0.260 e. The van der Waals surface area contributed by atoms with Crippen LogP contribution in [0.4, 0.5) is 0 Å². The van der Waals surface area contributed by atoms with Crippen LogP contribution in [0.1, 0.15) is 0 Å². The topological polar surface area (TPSA) is 53.1 Å². The van der Waals surface area contributed by atoms with Gasteiger partial charge >= 0.3 is 0 Å². The smallest absolute Gasteiger partial charge is 0.260 e. The Hall–Kier alpha value is -1.24. The Morgan fingerprint density at radius 2 is 1.81 bits per heavy atom. The lowest BCUT2D eigenvalue weighted by molar-refractivity contribution is 0.482. The molecule has 3 aromatic rings. The quantitative estimate of drug-likeness (QED) is 0.543. The zero-order valence-corrected chi connectivity index (χ0v) is 14.1. The lowest BCUT2D eigenvalue weighted by atomic mass is 10.0. The van der Waals surface area contributed by atoms with Gasteiger partial charge in [-0.3, -0.25) is 4.79 Å². The third kappa shape index (κ3) is 2.52. The largest absolute Gasteiger partial charge is 0.506 e. The average molecular weight is 432 g/mol. The van der Waals surface area contributed by atoms with Gasteiger partial charge in [0.1, 0.15) is 5.75 Å².